The molecule has 1 aromatic heterocycles. The van der Waals surface area contributed by atoms with E-state index >= 15 is 0 Å². The Hall–Kier alpha value is -1.31. The van der Waals surface area contributed by atoms with E-state index in [-0.39, 0.29) is 5.91 Å². The first-order chi connectivity index (χ1) is 11.7. The van der Waals surface area contributed by atoms with E-state index in [4.69, 9.17) is 21.4 Å². The monoisotopic (exact) mass is 366 g/mol. The largest absolute Gasteiger partial charge is 0.441 e. The van der Waals surface area contributed by atoms with E-state index < -0.39 is 0 Å². The van der Waals surface area contributed by atoms with Crippen molar-refractivity contribution in [3.63, 3.8) is 0 Å². The zero-order chi connectivity index (χ0) is 16.9. The molecule has 0 spiro atoms. The summed E-state index contributed by atoms with van der Waals surface area (Å²) < 4.78 is 11.9. The van der Waals surface area contributed by atoms with E-state index in [0.717, 1.165) is 38.2 Å². The number of unbranched alkanes of at least 4 members (excludes halogenated alkanes) is 2. The fourth-order valence-corrected chi connectivity index (χ4v) is 4.00. The lowest BCUT2D eigenvalue weighted by molar-refractivity contribution is -0.122. The minimum atomic E-state index is -0.00887. The zero-order valence-corrected chi connectivity index (χ0v) is 15.5. The molecular weight excluding hydrogens is 344 g/mol. The van der Waals surface area contributed by atoms with Gasteiger partial charge in [0.25, 0.3) is 5.91 Å². The number of carbonyl (C=O) groups excluding carboxylic acids is 1. The molecule has 0 saturated carbocycles. The minimum absolute atomic E-state index is 0.00887. The maximum Gasteiger partial charge on any atom is 0.266 e. The van der Waals surface area contributed by atoms with Crippen molar-refractivity contribution in [3.8, 4) is 0 Å². The molecule has 130 valence electrons. The molecule has 2 saturated heterocycles. The van der Waals surface area contributed by atoms with Crippen molar-refractivity contribution >= 4 is 46.2 Å². The Morgan fingerprint density at radius 3 is 2.83 bits per heavy atom. The maximum absolute atomic E-state index is 12.5. The zero-order valence-electron chi connectivity index (χ0n) is 13.8. The quantitative estimate of drug-likeness (QED) is 0.436. The van der Waals surface area contributed by atoms with Crippen molar-refractivity contribution in [3.05, 3.63) is 22.8 Å². The molecule has 1 aromatic rings. The van der Waals surface area contributed by atoms with E-state index in [9.17, 15) is 4.79 Å². The van der Waals surface area contributed by atoms with Gasteiger partial charge in [0, 0.05) is 31.8 Å². The molecule has 0 bridgehead atoms. The van der Waals surface area contributed by atoms with E-state index in [2.05, 4.69) is 11.8 Å². The first-order valence-electron chi connectivity index (χ1n) is 8.37. The number of morpholine rings is 1. The number of nitrogens with zero attached hydrogens (tertiary/aromatic N) is 2. The summed E-state index contributed by atoms with van der Waals surface area (Å²) in [5, 5.41) is 0. The van der Waals surface area contributed by atoms with Crippen molar-refractivity contribution < 1.29 is 13.9 Å². The number of ether oxygens (including phenoxy) is 1. The van der Waals surface area contributed by atoms with E-state index in [0.29, 0.717) is 34.7 Å². The molecule has 24 heavy (non-hydrogen) atoms. The van der Waals surface area contributed by atoms with Crippen molar-refractivity contribution in [1.29, 1.82) is 0 Å². The minimum Gasteiger partial charge on any atom is -0.441 e. The van der Waals surface area contributed by atoms with Gasteiger partial charge in [0.2, 0.25) is 0 Å². The van der Waals surface area contributed by atoms with Gasteiger partial charge >= 0.3 is 0 Å². The van der Waals surface area contributed by atoms with Gasteiger partial charge in [0.05, 0.1) is 18.1 Å². The Kier molecular flexibility index (Phi) is 5.97. The second-order valence-electron chi connectivity index (χ2n) is 5.82. The van der Waals surface area contributed by atoms with Gasteiger partial charge in [-0.15, -0.1) is 0 Å². The summed E-state index contributed by atoms with van der Waals surface area (Å²) in [6, 6.07) is 3.84. The summed E-state index contributed by atoms with van der Waals surface area (Å²) in [6.45, 7) is 5.93. The van der Waals surface area contributed by atoms with Crippen molar-refractivity contribution in [1.82, 2.24) is 4.90 Å². The van der Waals surface area contributed by atoms with Crippen LogP contribution in [0.25, 0.3) is 6.08 Å². The van der Waals surface area contributed by atoms with Crippen LogP contribution in [0.4, 0.5) is 5.88 Å². The molecular formula is C17H22N2O3S2. The molecule has 0 radical (unpaired) electrons. The van der Waals surface area contributed by atoms with Crippen LogP contribution >= 0.6 is 24.0 Å². The Bertz CT molecular complexity index is 636. The number of amides is 1. The molecule has 3 rings (SSSR count). The van der Waals surface area contributed by atoms with E-state index in [1.165, 1.54) is 11.8 Å². The number of furan rings is 1. The van der Waals surface area contributed by atoms with Crippen LogP contribution in [0.2, 0.25) is 0 Å². The third-order valence-electron chi connectivity index (χ3n) is 4.07. The van der Waals surface area contributed by atoms with Crippen LogP contribution < -0.4 is 4.90 Å². The number of anilines is 1. The Labute approximate surface area is 152 Å². The van der Waals surface area contributed by atoms with Crippen LogP contribution in [0.3, 0.4) is 0 Å². The topological polar surface area (TPSA) is 45.9 Å². The van der Waals surface area contributed by atoms with Gasteiger partial charge in [-0.1, -0.05) is 43.7 Å². The Morgan fingerprint density at radius 2 is 2.08 bits per heavy atom. The molecule has 2 aliphatic heterocycles. The van der Waals surface area contributed by atoms with Gasteiger partial charge in [0.1, 0.15) is 10.1 Å². The van der Waals surface area contributed by atoms with Gasteiger partial charge in [-0.3, -0.25) is 9.69 Å². The normalized spacial score (nSPS) is 20.5. The Morgan fingerprint density at radius 1 is 1.29 bits per heavy atom. The molecule has 2 aliphatic rings. The van der Waals surface area contributed by atoms with Gasteiger partial charge in [-0.25, -0.2) is 0 Å². The van der Waals surface area contributed by atoms with Crippen molar-refractivity contribution in [2.45, 2.75) is 26.2 Å². The predicted molar refractivity (Wildman–Crippen MR) is 101 cm³/mol. The molecule has 0 aliphatic carbocycles. The summed E-state index contributed by atoms with van der Waals surface area (Å²) in [5.41, 5.74) is 0. The van der Waals surface area contributed by atoms with Crippen molar-refractivity contribution in [2.24, 2.45) is 0 Å². The summed E-state index contributed by atoms with van der Waals surface area (Å²) >= 11 is 6.70. The molecule has 7 heteroatoms. The molecule has 5 nitrogen and oxygen atoms in total. The highest BCUT2D eigenvalue weighted by Crippen LogP contribution is 2.33. The molecule has 0 unspecified atom stereocenters. The molecule has 2 fully saturated rings. The molecule has 0 aromatic carbocycles. The first kappa shape index (κ1) is 17.5. The van der Waals surface area contributed by atoms with Crippen LogP contribution in [0.15, 0.2) is 21.5 Å². The fourth-order valence-electron chi connectivity index (χ4n) is 2.72. The second-order valence-corrected chi connectivity index (χ2v) is 7.49. The average molecular weight is 367 g/mol. The molecule has 0 N–H and O–H groups in total. The lowest BCUT2D eigenvalue weighted by Crippen LogP contribution is -2.35. The number of thiocarbonyl (C=S) groups is 1. The summed E-state index contributed by atoms with van der Waals surface area (Å²) in [6.07, 6.45) is 5.01. The SMILES string of the molecule is CCCCCN1C(=O)/C(=C/c2ccc(N3CCOCC3)o2)SC1=S. The van der Waals surface area contributed by atoms with E-state index in [1.54, 1.807) is 11.0 Å². The van der Waals surface area contributed by atoms with Crippen LogP contribution in [-0.2, 0) is 9.53 Å². The lowest BCUT2D eigenvalue weighted by atomic mass is 10.2. The number of hydrogen-bond donors (Lipinski definition) is 0. The van der Waals surface area contributed by atoms with Gasteiger partial charge in [0.15, 0.2) is 5.88 Å². The van der Waals surface area contributed by atoms with Gasteiger partial charge in [-0.05, 0) is 12.5 Å². The predicted octanol–water partition coefficient (Wildman–Crippen LogP) is 3.51. The third-order valence-corrected chi connectivity index (χ3v) is 5.45. The number of carbonyl (C=O) groups is 1. The standard InChI is InChI=1S/C17H22N2O3S2/c1-2-3-4-7-19-16(20)14(24-17(19)23)12-13-5-6-15(22-13)18-8-10-21-11-9-18/h5-6,12H,2-4,7-11H2,1H3/b14-12-. The average Bonchev–Trinajstić information content (AvgIpc) is 3.16. The summed E-state index contributed by atoms with van der Waals surface area (Å²) in [5.74, 6) is 1.50. The third kappa shape index (κ3) is 4.02. The van der Waals surface area contributed by atoms with Crippen LogP contribution in [0, 0.1) is 0 Å². The summed E-state index contributed by atoms with van der Waals surface area (Å²) in [4.78, 5) is 17.0. The molecule has 3 heterocycles. The first-order valence-corrected chi connectivity index (χ1v) is 9.59. The number of rotatable bonds is 6. The highest BCUT2D eigenvalue weighted by molar-refractivity contribution is 8.26. The maximum atomic E-state index is 12.5. The molecule has 0 atom stereocenters. The summed E-state index contributed by atoms with van der Waals surface area (Å²) in [7, 11) is 0. The van der Waals surface area contributed by atoms with Crippen LogP contribution in [0.5, 0.6) is 0 Å². The van der Waals surface area contributed by atoms with Crippen LogP contribution in [0.1, 0.15) is 31.9 Å². The lowest BCUT2D eigenvalue weighted by Gasteiger charge is -2.26. The van der Waals surface area contributed by atoms with Crippen molar-refractivity contribution in [2.75, 3.05) is 37.7 Å². The fraction of sp³-hybridized carbons (Fsp3) is 0.529. The smallest absolute Gasteiger partial charge is 0.266 e. The highest BCUT2D eigenvalue weighted by atomic mass is 32.2. The number of thioether (sulfide) groups is 1. The molecule has 1 amide bonds. The number of hydrogen-bond acceptors (Lipinski definition) is 6. The highest BCUT2D eigenvalue weighted by Gasteiger charge is 2.31. The second kappa shape index (κ2) is 8.18. The van der Waals surface area contributed by atoms with Crippen LogP contribution in [-0.4, -0.2) is 48.0 Å². The van der Waals surface area contributed by atoms with Gasteiger partial charge < -0.3 is 14.1 Å². The van der Waals surface area contributed by atoms with E-state index in [1.807, 2.05) is 12.1 Å². The van der Waals surface area contributed by atoms with Gasteiger partial charge in [-0.2, -0.15) is 0 Å². The Balaban J connectivity index is 1.66.